The molecule has 2 aromatic heterocycles. The molecule has 0 radical (unpaired) electrons. The Morgan fingerprint density at radius 3 is 2.36 bits per heavy atom. The minimum absolute atomic E-state index is 0.265. The fourth-order valence-electron chi connectivity index (χ4n) is 3.78. The van der Waals surface area contributed by atoms with Crippen molar-refractivity contribution < 1.29 is 9.90 Å². The number of aromatic amines is 1. The van der Waals surface area contributed by atoms with Crippen LogP contribution in [0.3, 0.4) is 0 Å². The largest absolute Gasteiger partial charge is 0.506 e. The van der Waals surface area contributed by atoms with Gasteiger partial charge in [0.15, 0.2) is 0 Å². The number of rotatable bonds is 4. The third-order valence-electron chi connectivity index (χ3n) is 5.38. The number of hydrogen-bond donors (Lipinski definition) is 3. The SMILES string of the molecule is O=C(Nn1c(Cc2ccccc2)nc2ccccc2c1=O)c1c(O)c2ccccc2[nH]c1=O. The molecule has 0 aliphatic rings. The highest BCUT2D eigenvalue weighted by Gasteiger charge is 2.21. The first kappa shape index (κ1) is 20.2. The monoisotopic (exact) mass is 438 g/mol. The molecule has 0 bridgehead atoms. The second kappa shape index (κ2) is 8.08. The molecule has 3 N–H and O–H groups in total. The first-order valence-electron chi connectivity index (χ1n) is 10.2. The fourth-order valence-corrected chi connectivity index (χ4v) is 3.78. The van der Waals surface area contributed by atoms with Crippen molar-refractivity contribution in [1.29, 1.82) is 0 Å². The molecule has 0 fully saturated rings. The van der Waals surface area contributed by atoms with Crippen molar-refractivity contribution in [2.24, 2.45) is 0 Å². The zero-order valence-electron chi connectivity index (χ0n) is 17.3. The Morgan fingerprint density at radius 1 is 0.909 bits per heavy atom. The van der Waals surface area contributed by atoms with Gasteiger partial charge in [0, 0.05) is 11.8 Å². The van der Waals surface area contributed by atoms with E-state index in [1.165, 1.54) is 0 Å². The molecule has 0 atom stereocenters. The molecule has 8 heteroatoms. The molecule has 0 aliphatic heterocycles. The molecule has 33 heavy (non-hydrogen) atoms. The Kier molecular flexibility index (Phi) is 4.95. The number of amides is 1. The fraction of sp³-hybridized carbons (Fsp3) is 0.0400. The minimum Gasteiger partial charge on any atom is -0.506 e. The maximum Gasteiger partial charge on any atom is 0.280 e. The highest BCUT2D eigenvalue weighted by atomic mass is 16.3. The van der Waals surface area contributed by atoms with Gasteiger partial charge < -0.3 is 10.1 Å². The second-order valence-electron chi connectivity index (χ2n) is 7.51. The molecule has 3 aromatic carbocycles. The van der Waals surface area contributed by atoms with Crippen LogP contribution >= 0.6 is 0 Å². The van der Waals surface area contributed by atoms with Crippen LogP contribution in [0.1, 0.15) is 21.7 Å². The third kappa shape index (κ3) is 3.63. The van der Waals surface area contributed by atoms with Gasteiger partial charge in [0.25, 0.3) is 17.0 Å². The van der Waals surface area contributed by atoms with Gasteiger partial charge in [-0.1, -0.05) is 54.6 Å². The van der Waals surface area contributed by atoms with E-state index >= 15 is 0 Å². The lowest BCUT2D eigenvalue weighted by Gasteiger charge is -2.15. The zero-order chi connectivity index (χ0) is 22.9. The average molecular weight is 438 g/mol. The van der Waals surface area contributed by atoms with E-state index in [4.69, 9.17) is 0 Å². The lowest BCUT2D eigenvalue weighted by Crippen LogP contribution is -2.38. The summed E-state index contributed by atoms with van der Waals surface area (Å²) in [5, 5.41) is 11.3. The minimum atomic E-state index is -0.923. The molecule has 5 aromatic rings. The zero-order valence-corrected chi connectivity index (χ0v) is 17.3. The summed E-state index contributed by atoms with van der Waals surface area (Å²) in [6.45, 7) is 0. The Morgan fingerprint density at radius 2 is 1.58 bits per heavy atom. The van der Waals surface area contributed by atoms with Crippen molar-refractivity contribution in [2.75, 3.05) is 5.43 Å². The molecular weight excluding hydrogens is 420 g/mol. The van der Waals surface area contributed by atoms with Crippen molar-refractivity contribution >= 4 is 27.7 Å². The Labute approximate surface area is 186 Å². The topological polar surface area (TPSA) is 117 Å². The van der Waals surface area contributed by atoms with Gasteiger partial charge in [-0.25, -0.2) is 9.66 Å². The van der Waals surface area contributed by atoms with E-state index in [-0.39, 0.29) is 12.2 Å². The van der Waals surface area contributed by atoms with Crippen LogP contribution in [0.5, 0.6) is 5.75 Å². The Balaban J connectivity index is 1.64. The molecule has 162 valence electrons. The predicted molar refractivity (Wildman–Crippen MR) is 125 cm³/mol. The number of benzene rings is 3. The first-order valence-corrected chi connectivity index (χ1v) is 10.2. The highest BCUT2D eigenvalue weighted by Crippen LogP contribution is 2.24. The van der Waals surface area contributed by atoms with E-state index in [0.717, 1.165) is 10.2 Å². The van der Waals surface area contributed by atoms with Crippen LogP contribution in [0, 0.1) is 0 Å². The molecular formula is C25H18N4O4. The number of aromatic nitrogens is 3. The van der Waals surface area contributed by atoms with Crippen LogP contribution in [-0.4, -0.2) is 25.7 Å². The molecule has 0 unspecified atom stereocenters. The third-order valence-corrected chi connectivity index (χ3v) is 5.38. The van der Waals surface area contributed by atoms with Gasteiger partial charge in [-0.3, -0.25) is 19.8 Å². The number of H-pyrrole nitrogens is 1. The molecule has 0 saturated heterocycles. The summed E-state index contributed by atoms with van der Waals surface area (Å²) >= 11 is 0. The molecule has 1 amide bonds. The first-order chi connectivity index (χ1) is 16.0. The van der Waals surface area contributed by atoms with E-state index in [9.17, 15) is 19.5 Å². The second-order valence-corrected chi connectivity index (χ2v) is 7.51. The number of hydrogen-bond acceptors (Lipinski definition) is 5. The van der Waals surface area contributed by atoms with Gasteiger partial charge in [-0.2, -0.15) is 0 Å². The van der Waals surface area contributed by atoms with Crippen molar-refractivity contribution in [3.63, 3.8) is 0 Å². The van der Waals surface area contributed by atoms with Crippen LogP contribution in [0.4, 0.5) is 0 Å². The van der Waals surface area contributed by atoms with E-state index < -0.39 is 28.3 Å². The van der Waals surface area contributed by atoms with Crippen LogP contribution in [0.25, 0.3) is 21.8 Å². The van der Waals surface area contributed by atoms with Gasteiger partial charge in [0.05, 0.1) is 16.4 Å². The number of para-hydroxylation sites is 2. The number of carbonyl (C=O) groups excluding carboxylic acids is 1. The summed E-state index contributed by atoms with van der Waals surface area (Å²) in [6.07, 6.45) is 0.265. The van der Waals surface area contributed by atoms with Crippen molar-refractivity contribution in [1.82, 2.24) is 14.6 Å². The maximum atomic E-state index is 13.2. The van der Waals surface area contributed by atoms with Crippen LogP contribution < -0.4 is 16.5 Å². The highest BCUT2D eigenvalue weighted by molar-refractivity contribution is 6.06. The lowest BCUT2D eigenvalue weighted by atomic mass is 10.1. The number of aromatic hydroxyl groups is 1. The predicted octanol–water partition coefficient (Wildman–Crippen LogP) is 2.92. The van der Waals surface area contributed by atoms with Gasteiger partial charge in [-0.15, -0.1) is 0 Å². The summed E-state index contributed by atoms with van der Waals surface area (Å²) in [6, 6.07) is 22.8. The van der Waals surface area contributed by atoms with E-state index in [2.05, 4.69) is 15.4 Å². The van der Waals surface area contributed by atoms with Crippen molar-refractivity contribution in [3.8, 4) is 5.75 Å². The number of nitrogens with one attached hydrogen (secondary N) is 2. The van der Waals surface area contributed by atoms with E-state index in [1.807, 2.05) is 30.3 Å². The van der Waals surface area contributed by atoms with Crippen LogP contribution in [-0.2, 0) is 6.42 Å². The van der Waals surface area contributed by atoms with Gasteiger partial charge >= 0.3 is 0 Å². The van der Waals surface area contributed by atoms with E-state index in [0.29, 0.717) is 21.8 Å². The average Bonchev–Trinajstić information content (AvgIpc) is 2.82. The lowest BCUT2D eigenvalue weighted by molar-refractivity contribution is 0.100. The molecule has 0 spiro atoms. The number of pyridine rings is 1. The molecule has 0 saturated carbocycles. The molecule has 0 aliphatic carbocycles. The maximum absolute atomic E-state index is 13.2. The summed E-state index contributed by atoms with van der Waals surface area (Å²) in [5.41, 5.74) is 2.50. The number of nitrogens with zero attached hydrogens (tertiary/aromatic N) is 2. The van der Waals surface area contributed by atoms with Gasteiger partial charge in [0.2, 0.25) is 0 Å². The van der Waals surface area contributed by atoms with E-state index in [1.54, 1.807) is 48.5 Å². The summed E-state index contributed by atoms with van der Waals surface area (Å²) in [4.78, 5) is 46.1. The summed E-state index contributed by atoms with van der Waals surface area (Å²) < 4.78 is 1.03. The van der Waals surface area contributed by atoms with Crippen LogP contribution in [0.2, 0.25) is 0 Å². The Bertz CT molecular complexity index is 1640. The summed E-state index contributed by atoms with van der Waals surface area (Å²) in [7, 11) is 0. The van der Waals surface area contributed by atoms with Crippen molar-refractivity contribution in [3.05, 3.63) is 117 Å². The standard InChI is InChI=1S/C25H18N4O4/c30-22-16-10-4-6-12-18(16)27-23(31)21(22)24(32)28-29-20(14-15-8-2-1-3-9-15)26-19-13-7-5-11-17(19)25(29)33/h1-13H,14H2,(H,28,32)(H2,27,30,31). The van der Waals surface area contributed by atoms with Gasteiger partial charge in [0.1, 0.15) is 17.1 Å². The van der Waals surface area contributed by atoms with Crippen LogP contribution in [0.15, 0.2) is 88.5 Å². The smallest absolute Gasteiger partial charge is 0.280 e. The normalized spacial score (nSPS) is 11.0. The number of fused-ring (bicyclic) bond motifs is 2. The number of carbonyl (C=O) groups is 1. The Hall–Kier alpha value is -4.72. The molecule has 5 rings (SSSR count). The molecule has 2 heterocycles. The van der Waals surface area contributed by atoms with Crippen molar-refractivity contribution in [2.45, 2.75) is 6.42 Å². The quantitative estimate of drug-likeness (QED) is 0.399. The molecule has 8 nitrogen and oxygen atoms in total. The van der Waals surface area contributed by atoms with Gasteiger partial charge in [-0.05, 0) is 29.8 Å². The summed E-state index contributed by atoms with van der Waals surface area (Å²) in [5.74, 6) is -1.10.